The average Bonchev–Trinajstić information content (AvgIpc) is 2.27. The third kappa shape index (κ3) is 6.62. The lowest BCUT2D eigenvalue weighted by Crippen LogP contribution is -2.36. The van der Waals surface area contributed by atoms with Gasteiger partial charge in [-0.15, -0.1) is 0 Å². The summed E-state index contributed by atoms with van der Waals surface area (Å²) in [6.45, 7) is 3.98. The second-order valence-corrected chi connectivity index (χ2v) is 6.06. The van der Waals surface area contributed by atoms with Gasteiger partial charge in [-0.3, -0.25) is 0 Å². The second-order valence-electron chi connectivity index (χ2n) is 3.59. The standard InChI is InChI=1S/C9H21N3O3S/c1-3-8(7-9(10)12-13)11-5-6-16(14,15)4-2/h8,11,13H,3-7H2,1-2H3,(H2,10,12). The highest BCUT2D eigenvalue weighted by atomic mass is 32.2. The smallest absolute Gasteiger partial charge is 0.151 e. The largest absolute Gasteiger partial charge is 0.409 e. The molecule has 0 aliphatic rings. The lowest BCUT2D eigenvalue weighted by molar-refractivity contribution is 0.315. The van der Waals surface area contributed by atoms with E-state index >= 15 is 0 Å². The Kier molecular flexibility index (Phi) is 7.07. The summed E-state index contributed by atoms with van der Waals surface area (Å²) in [5.41, 5.74) is 5.37. The number of hydrogen-bond donors (Lipinski definition) is 3. The number of hydrogen-bond acceptors (Lipinski definition) is 5. The topological polar surface area (TPSA) is 105 Å². The molecule has 1 atom stereocenters. The molecule has 0 aromatic rings. The zero-order valence-corrected chi connectivity index (χ0v) is 10.6. The molecule has 0 heterocycles. The Bertz CT molecular complexity index is 314. The minimum absolute atomic E-state index is 0.0444. The summed E-state index contributed by atoms with van der Waals surface area (Å²) in [4.78, 5) is 0. The minimum atomic E-state index is -2.93. The van der Waals surface area contributed by atoms with E-state index in [0.717, 1.165) is 6.42 Å². The molecule has 4 N–H and O–H groups in total. The quantitative estimate of drug-likeness (QED) is 0.242. The first-order chi connectivity index (χ1) is 7.45. The molecule has 16 heavy (non-hydrogen) atoms. The van der Waals surface area contributed by atoms with Crippen molar-refractivity contribution in [3.8, 4) is 0 Å². The maximum atomic E-state index is 11.2. The predicted octanol–water partition coefficient (Wildman–Crippen LogP) is -0.0742. The van der Waals surface area contributed by atoms with Crippen LogP contribution in [0.3, 0.4) is 0 Å². The van der Waals surface area contributed by atoms with Crippen LogP contribution in [-0.4, -0.2) is 43.6 Å². The van der Waals surface area contributed by atoms with Gasteiger partial charge in [-0.2, -0.15) is 0 Å². The molecule has 0 aromatic carbocycles. The van der Waals surface area contributed by atoms with Crippen LogP contribution in [0, 0.1) is 0 Å². The van der Waals surface area contributed by atoms with Gasteiger partial charge in [0.05, 0.1) is 5.75 Å². The van der Waals surface area contributed by atoms with Gasteiger partial charge >= 0.3 is 0 Å². The van der Waals surface area contributed by atoms with Crippen LogP contribution in [0.1, 0.15) is 26.7 Å². The van der Waals surface area contributed by atoms with Gasteiger partial charge in [-0.25, -0.2) is 8.42 Å². The molecular weight excluding hydrogens is 230 g/mol. The number of amidine groups is 1. The Morgan fingerprint density at radius 1 is 1.50 bits per heavy atom. The highest BCUT2D eigenvalue weighted by Crippen LogP contribution is 1.98. The zero-order valence-electron chi connectivity index (χ0n) is 9.81. The number of nitrogens with two attached hydrogens (primary N) is 1. The van der Waals surface area contributed by atoms with Gasteiger partial charge in [0.25, 0.3) is 0 Å². The van der Waals surface area contributed by atoms with Gasteiger partial charge in [-0.05, 0) is 6.42 Å². The number of rotatable bonds is 8. The number of oxime groups is 1. The highest BCUT2D eigenvalue weighted by molar-refractivity contribution is 7.91. The van der Waals surface area contributed by atoms with E-state index in [1.54, 1.807) is 6.92 Å². The van der Waals surface area contributed by atoms with E-state index in [1.807, 2.05) is 6.92 Å². The van der Waals surface area contributed by atoms with Crippen LogP contribution < -0.4 is 11.1 Å². The summed E-state index contributed by atoms with van der Waals surface area (Å²) >= 11 is 0. The van der Waals surface area contributed by atoms with E-state index < -0.39 is 9.84 Å². The molecule has 0 aliphatic carbocycles. The van der Waals surface area contributed by atoms with Crippen LogP contribution in [0.25, 0.3) is 0 Å². The molecule has 0 fully saturated rings. The molecule has 0 aliphatic heterocycles. The fourth-order valence-corrected chi connectivity index (χ4v) is 1.93. The van der Waals surface area contributed by atoms with Crippen LogP contribution in [0.4, 0.5) is 0 Å². The normalized spacial score (nSPS) is 15.0. The van der Waals surface area contributed by atoms with Gasteiger partial charge in [0.1, 0.15) is 5.84 Å². The van der Waals surface area contributed by atoms with Gasteiger partial charge in [-0.1, -0.05) is 19.0 Å². The summed E-state index contributed by atoms with van der Waals surface area (Å²) in [6, 6.07) is 0.0444. The first-order valence-electron chi connectivity index (χ1n) is 5.35. The first-order valence-corrected chi connectivity index (χ1v) is 7.17. The molecule has 0 rings (SSSR count). The Balaban J connectivity index is 3.98. The molecule has 0 bridgehead atoms. The van der Waals surface area contributed by atoms with E-state index in [9.17, 15) is 8.42 Å². The second kappa shape index (κ2) is 7.45. The van der Waals surface area contributed by atoms with E-state index in [1.165, 1.54) is 0 Å². The molecule has 0 saturated heterocycles. The Morgan fingerprint density at radius 3 is 2.56 bits per heavy atom. The van der Waals surface area contributed by atoms with Crippen molar-refractivity contribution in [1.29, 1.82) is 0 Å². The molecule has 0 spiro atoms. The number of nitrogens with zero attached hydrogens (tertiary/aromatic N) is 1. The summed E-state index contributed by atoms with van der Waals surface area (Å²) in [5.74, 6) is 0.430. The molecule has 96 valence electrons. The molecule has 7 heteroatoms. The first kappa shape index (κ1) is 15.2. The lowest BCUT2D eigenvalue weighted by Gasteiger charge is -2.15. The van der Waals surface area contributed by atoms with Crippen molar-refractivity contribution in [3.63, 3.8) is 0 Å². The van der Waals surface area contributed by atoms with Gasteiger partial charge < -0.3 is 16.3 Å². The maximum absolute atomic E-state index is 11.2. The Morgan fingerprint density at radius 2 is 2.12 bits per heavy atom. The third-order valence-corrected chi connectivity index (χ3v) is 4.07. The zero-order chi connectivity index (χ0) is 12.6. The molecule has 0 radical (unpaired) electrons. The molecule has 0 aromatic heterocycles. The summed E-state index contributed by atoms with van der Waals surface area (Å²) < 4.78 is 22.4. The molecule has 0 amide bonds. The maximum Gasteiger partial charge on any atom is 0.151 e. The average molecular weight is 251 g/mol. The van der Waals surface area contributed by atoms with Crippen molar-refractivity contribution >= 4 is 15.7 Å². The van der Waals surface area contributed by atoms with Crippen LogP contribution in [0.2, 0.25) is 0 Å². The SMILES string of the molecule is CCC(CC(N)=NO)NCCS(=O)(=O)CC. The van der Waals surface area contributed by atoms with Crippen molar-refractivity contribution in [2.75, 3.05) is 18.1 Å². The van der Waals surface area contributed by atoms with Crippen molar-refractivity contribution in [2.45, 2.75) is 32.7 Å². The molecule has 6 nitrogen and oxygen atoms in total. The molecule has 1 unspecified atom stereocenters. The predicted molar refractivity (Wildman–Crippen MR) is 64.4 cm³/mol. The van der Waals surface area contributed by atoms with Gasteiger partial charge in [0.2, 0.25) is 0 Å². The Hall–Kier alpha value is -0.820. The van der Waals surface area contributed by atoms with Crippen molar-refractivity contribution in [2.24, 2.45) is 10.9 Å². The number of nitrogens with one attached hydrogen (secondary N) is 1. The van der Waals surface area contributed by atoms with E-state index in [-0.39, 0.29) is 23.4 Å². The molecular formula is C9H21N3O3S. The summed E-state index contributed by atoms with van der Waals surface area (Å²) in [6.07, 6.45) is 1.21. The van der Waals surface area contributed by atoms with Crippen LogP contribution in [-0.2, 0) is 9.84 Å². The van der Waals surface area contributed by atoms with Crippen molar-refractivity contribution in [3.05, 3.63) is 0 Å². The van der Waals surface area contributed by atoms with E-state index in [4.69, 9.17) is 10.9 Å². The lowest BCUT2D eigenvalue weighted by atomic mass is 10.1. The summed E-state index contributed by atoms with van der Waals surface area (Å²) in [7, 11) is -2.93. The van der Waals surface area contributed by atoms with Gasteiger partial charge in [0, 0.05) is 24.8 Å². The minimum Gasteiger partial charge on any atom is -0.409 e. The van der Waals surface area contributed by atoms with Crippen LogP contribution in [0.15, 0.2) is 5.16 Å². The molecule has 0 saturated carbocycles. The number of sulfone groups is 1. The summed E-state index contributed by atoms with van der Waals surface area (Å²) in [5, 5.41) is 14.4. The van der Waals surface area contributed by atoms with Crippen LogP contribution >= 0.6 is 0 Å². The highest BCUT2D eigenvalue weighted by Gasteiger charge is 2.11. The van der Waals surface area contributed by atoms with Crippen molar-refractivity contribution < 1.29 is 13.6 Å². The van der Waals surface area contributed by atoms with E-state index in [0.29, 0.717) is 13.0 Å². The monoisotopic (exact) mass is 251 g/mol. The van der Waals surface area contributed by atoms with Crippen molar-refractivity contribution in [1.82, 2.24) is 5.32 Å². The van der Waals surface area contributed by atoms with Crippen LogP contribution in [0.5, 0.6) is 0 Å². The van der Waals surface area contributed by atoms with E-state index in [2.05, 4.69) is 10.5 Å². The fraction of sp³-hybridized carbons (Fsp3) is 0.889. The van der Waals surface area contributed by atoms with Gasteiger partial charge in [0.15, 0.2) is 9.84 Å². The fourth-order valence-electron chi connectivity index (χ4n) is 1.22. The Labute approximate surface area is 96.8 Å². The third-order valence-electron chi connectivity index (χ3n) is 2.36.